The number of carbonyl (C=O) groups is 1. The van der Waals surface area contributed by atoms with Gasteiger partial charge in [0.1, 0.15) is 28.4 Å². The highest BCUT2D eigenvalue weighted by Gasteiger charge is 2.16. The molecule has 27 heavy (non-hydrogen) atoms. The summed E-state index contributed by atoms with van der Waals surface area (Å²) in [5, 5.41) is 3.27. The van der Waals surface area contributed by atoms with Gasteiger partial charge in [-0.25, -0.2) is 4.79 Å². The number of hydrogen-bond acceptors (Lipinski definition) is 6. The normalized spacial score (nSPS) is 10.5. The Morgan fingerprint density at radius 1 is 1.04 bits per heavy atom. The Morgan fingerprint density at radius 2 is 1.81 bits per heavy atom. The minimum atomic E-state index is -0.740. The van der Waals surface area contributed by atoms with E-state index in [1.54, 1.807) is 36.4 Å². The van der Waals surface area contributed by atoms with Gasteiger partial charge in [0.15, 0.2) is 0 Å². The lowest BCUT2D eigenvalue weighted by molar-refractivity contribution is 0.102. The fraction of sp³-hybridized carbons (Fsp3) is 0.200. The van der Waals surface area contributed by atoms with Gasteiger partial charge in [0.25, 0.3) is 5.91 Å². The molecule has 3 rings (SSSR count). The lowest BCUT2D eigenvalue weighted by Gasteiger charge is -2.11. The molecule has 1 aromatic heterocycles. The van der Waals surface area contributed by atoms with E-state index >= 15 is 0 Å². The molecule has 7 heteroatoms. The molecule has 0 atom stereocenters. The van der Waals surface area contributed by atoms with E-state index in [-0.39, 0.29) is 5.56 Å². The molecule has 2 aromatic carbocycles. The van der Waals surface area contributed by atoms with Crippen LogP contribution >= 0.6 is 0 Å². The molecule has 1 heterocycles. The molecule has 0 bridgehead atoms. The minimum absolute atomic E-state index is 0.114. The Kier molecular flexibility index (Phi) is 5.30. The molecule has 140 valence electrons. The first-order valence-electron chi connectivity index (χ1n) is 8.29. The van der Waals surface area contributed by atoms with E-state index in [0.717, 1.165) is 0 Å². The van der Waals surface area contributed by atoms with E-state index < -0.39 is 11.5 Å². The molecular weight excluding hydrogens is 350 g/mol. The number of amides is 1. The second-order valence-corrected chi connectivity index (χ2v) is 5.60. The van der Waals surface area contributed by atoms with Gasteiger partial charge < -0.3 is 23.9 Å². The smallest absolute Gasteiger partial charge is 0.349 e. The topological polar surface area (TPSA) is 87.0 Å². The minimum Gasteiger partial charge on any atom is -0.497 e. The highest BCUT2D eigenvalue weighted by Crippen LogP contribution is 2.29. The Bertz CT molecular complexity index is 1040. The predicted octanol–water partition coefficient (Wildman–Crippen LogP) is 3.46. The number of rotatable bonds is 6. The van der Waals surface area contributed by atoms with Gasteiger partial charge >= 0.3 is 5.63 Å². The number of methoxy groups -OCH3 is 2. The van der Waals surface area contributed by atoms with Crippen molar-refractivity contribution in [2.24, 2.45) is 0 Å². The maximum absolute atomic E-state index is 12.6. The van der Waals surface area contributed by atoms with E-state index in [9.17, 15) is 9.59 Å². The molecule has 0 saturated carbocycles. The molecule has 0 radical (unpaired) electrons. The summed E-state index contributed by atoms with van der Waals surface area (Å²) in [6.45, 7) is 2.36. The molecule has 0 saturated heterocycles. The van der Waals surface area contributed by atoms with Crippen molar-refractivity contribution < 1.29 is 23.4 Å². The van der Waals surface area contributed by atoms with E-state index in [2.05, 4.69) is 5.32 Å². The van der Waals surface area contributed by atoms with Gasteiger partial charge in [-0.2, -0.15) is 0 Å². The fourth-order valence-corrected chi connectivity index (χ4v) is 2.61. The molecular formula is C20H19NO6. The number of benzene rings is 2. The van der Waals surface area contributed by atoms with Crippen molar-refractivity contribution in [2.75, 3.05) is 26.1 Å². The predicted molar refractivity (Wildman–Crippen MR) is 101 cm³/mol. The van der Waals surface area contributed by atoms with Crippen LogP contribution in [-0.2, 0) is 0 Å². The van der Waals surface area contributed by atoms with Crippen LogP contribution in [0.2, 0.25) is 0 Å². The van der Waals surface area contributed by atoms with Gasteiger partial charge in [0.05, 0.1) is 26.5 Å². The zero-order chi connectivity index (χ0) is 19.4. The van der Waals surface area contributed by atoms with Crippen LogP contribution in [0.5, 0.6) is 17.2 Å². The van der Waals surface area contributed by atoms with Crippen LogP contribution in [0.4, 0.5) is 5.69 Å². The first-order valence-corrected chi connectivity index (χ1v) is 8.29. The largest absolute Gasteiger partial charge is 0.497 e. The Hall–Kier alpha value is -3.48. The van der Waals surface area contributed by atoms with Crippen LogP contribution in [0.15, 0.2) is 51.7 Å². The summed E-state index contributed by atoms with van der Waals surface area (Å²) in [6.07, 6.45) is 0. The molecule has 0 spiro atoms. The molecule has 0 aliphatic carbocycles. The van der Waals surface area contributed by atoms with Crippen molar-refractivity contribution in [1.29, 1.82) is 0 Å². The third kappa shape index (κ3) is 3.87. The van der Waals surface area contributed by atoms with Crippen molar-refractivity contribution in [2.45, 2.75) is 6.92 Å². The summed E-state index contributed by atoms with van der Waals surface area (Å²) in [5.74, 6) is 0.966. The zero-order valence-corrected chi connectivity index (χ0v) is 15.2. The molecule has 0 aliphatic heterocycles. The van der Waals surface area contributed by atoms with Crippen molar-refractivity contribution in [3.8, 4) is 17.2 Å². The molecule has 0 aliphatic rings. The molecule has 0 fully saturated rings. The third-order valence-corrected chi connectivity index (χ3v) is 3.92. The van der Waals surface area contributed by atoms with Gasteiger partial charge in [-0.05, 0) is 37.3 Å². The van der Waals surface area contributed by atoms with Crippen molar-refractivity contribution >= 4 is 22.6 Å². The van der Waals surface area contributed by atoms with Crippen molar-refractivity contribution in [1.82, 2.24) is 0 Å². The SMILES string of the molecule is CCOc1ccc2cc(C(=O)Nc3cc(OC)ccc3OC)c(=O)oc2c1. The average molecular weight is 369 g/mol. The summed E-state index contributed by atoms with van der Waals surface area (Å²) >= 11 is 0. The van der Waals surface area contributed by atoms with Gasteiger partial charge in [-0.15, -0.1) is 0 Å². The third-order valence-electron chi connectivity index (χ3n) is 3.92. The monoisotopic (exact) mass is 369 g/mol. The van der Waals surface area contributed by atoms with E-state index in [1.165, 1.54) is 20.3 Å². The molecule has 1 amide bonds. The van der Waals surface area contributed by atoms with E-state index in [4.69, 9.17) is 18.6 Å². The van der Waals surface area contributed by atoms with Crippen LogP contribution < -0.4 is 25.2 Å². The zero-order valence-electron chi connectivity index (χ0n) is 15.2. The number of nitrogens with one attached hydrogen (secondary N) is 1. The number of anilines is 1. The highest BCUT2D eigenvalue weighted by molar-refractivity contribution is 6.06. The lowest BCUT2D eigenvalue weighted by Crippen LogP contribution is -2.21. The van der Waals surface area contributed by atoms with Crippen molar-refractivity contribution in [3.63, 3.8) is 0 Å². The Morgan fingerprint density at radius 3 is 2.52 bits per heavy atom. The number of hydrogen-bond donors (Lipinski definition) is 1. The maximum Gasteiger partial charge on any atom is 0.349 e. The first kappa shape index (κ1) is 18.3. The quantitative estimate of drug-likeness (QED) is 0.670. The van der Waals surface area contributed by atoms with Crippen LogP contribution in [0, 0.1) is 0 Å². The van der Waals surface area contributed by atoms with Gasteiger partial charge in [0.2, 0.25) is 0 Å². The van der Waals surface area contributed by atoms with Crippen molar-refractivity contribution in [3.05, 3.63) is 58.4 Å². The van der Waals surface area contributed by atoms with Crippen LogP contribution in [0.3, 0.4) is 0 Å². The standard InChI is InChI=1S/C20H19NO6/c1-4-26-14-6-5-12-9-15(20(23)27-18(12)11-14)19(22)21-16-10-13(24-2)7-8-17(16)25-3/h5-11H,4H2,1-3H3,(H,21,22). The van der Waals surface area contributed by atoms with Gasteiger partial charge in [-0.1, -0.05) is 0 Å². The number of ether oxygens (including phenoxy) is 3. The summed E-state index contributed by atoms with van der Waals surface area (Å²) < 4.78 is 21.1. The second kappa shape index (κ2) is 7.82. The number of fused-ring (bicyclic) bond motifs is 1. The summed E-state index contributed by atoms with van der Waals surface area (Å²) in [5.41, 5.74) is -0.124. The summed E-state index contributed by atoms with van der Waals surface area (Å²) in [7, 11) is 3.00. The fourth-order valence-electron chi connectivity index (χ4n) is 2.61. The second-order valence-electron chi connectivity index (χ2n) is 5.60. The highest BCUT2D eigenvalue weighted by atomic mass is 16.5. The van der Waals surface area contributed by atoms with Gasteiger partial charge in [0, 0.05) is 17.5 Å². The van der Waals surface area contributed by atoms with Crippen LogP contribution in [-0.4, -0.2) is 26.7 Å². The molecule has 0 unspecified atom stereocenters. The molecule has 3 aromatic rings. The summed E-state index contributed by atoms with van der Waals surface area (Å²) in [4.78, 5) is 24.9. The van der Waals surface area contributed by atoms with E-state index in [0.29, 0.717) is 40.5 Å². The maximum atomic E-state index is 12.6. The Balaban J connectivity index is 1.95. The van der Waals surface area contributed by atoms with Gasteiger partial charge in [-0.3, -0.25) is 4.79 Å². The average Bonchev–Trinajstić information content (AvgIpc) is 2.67. The molecule has 1 N–H and O–H groups in total. The first-order chi connectivity index (χ1) is 13.0. The summed E-state index contributed by atoms with van der Waals surface area (Å²) in [6, 6.07) is 11.5. The van der Waals surface area contributed by atoms with E-state index in [1.807, 2.05) is 6.92 Å². The lowest BCUT2D eigenvalue weighted by atomic mass is 10.1. The Labute approximate surface area is 155 Å². The van der Waals surface area contributed by atoms with Crippen LogP contribution in [0.1, 0.15) is 17.3 Å². The number of carbonyl (C=O) groups excluding carboxylic acids is 1. The van der Waals surface area contributed by atoms with Crippen LogP contribution in [0.25, 0.3) is 11.0 Å². The molecule has 7 nitrogen and oxygen atoms in total.